The SMILES string of the molecule is CC(C)(C)c1csc(-c2csc(S(=O)(=O)NCCN3CCCCCC3)c2)n1. The summed E-state index contributed by atoms with van der Waals surface area (Å²) in [4.78, 5) is 7.04. The van der Waals surface area contributed by atoms with Gasteiger partial charge in [-0.25, -0.2) is 18.1 Å². The van der Waals surface area contributed by atoms with E-state index in [4.69, 9.17) is 0 Å². The lowest BCUT2D eigenvalue weighted by Crippen LogP contribution is -2.35. The van der Waals surface area contributed by atoms with E-state index in [1.165, 1.54) is 37.0 Å². The van der Waals surface area contributed by atoms with Crippen LogP contribution in [0.2, 0.25) is 0 Å². The van der Waals surface area contributed by atoms with Gasteiger partial charge in [0.2, 0.25) is 10.0 Å². The van der Waals surface area contributed by atoms with Crippen LogP contribution >= 0.6 is 22.7 Å². The molecule has 0 amide bonds. The first-order valence-electron chi connectivity index (χ1n) is 9.53. The molecule has 0 saturated carbocycles. The van der Waals surface area contributed by atoms with E-state index in [-0.39, 0.29) is 5.41 Å². The molecule has 5 nitrogen and oxygen atoms in total. The highest BCUT2D eigenvalue weighted by Crippen LogP contribution is 2.33. The van der Waals surface area contributed by atoms with Gasteiger partial charge in [0.25, 0.3) is 0 Å². The lowest BCUT2D eigenvalue weighted by Gasteiger charge is -2.19. The van der Waals surface area contributed by atoms with Crippen LogP contribution < -0.4 is 4.72 Å². The molecule has 1 N–H and O–H groups in total. The molecule has 150 valence electrons. The van der Waals surface area contributed by atoms with Gasteiger partial charge in [-0.1, -0.05) is 33.6 Å². The highest BCUT2D eigenvalue weighted by Gasteiger charge is 2.21. The van der Waals surface area contributed by atoms with Crippen molar-refractivity contribution < 1.29 is 8.42 Å². The number of nitrogens with zero attached hydrogens (tertiary/aromatic N) is 2. The first-order valence-corrected chi connectivity index (χ1v) is 12.8. The van der Waals surface area contributed by atoms with Crippen molar-refractivity contribution in [3.63, 3.8) is 0 Å². The highest BCUT2D eigenvalue weighted by atomic mass is 32.2. The zero-order valence-corrected chi connectivity index (χ0v) is 18.8. The Morgan fingerprint density at radius 1 is 1.11 bits per heavy atom. The Hall–Kier alpha value is -0.800. The standard InChI is InChI=1S/C19H29N3O2S3/c1-19(2,3)16-14-26-18(21-16)15-12-17(25-13-15)27(23,24)20-8-11-22-9-6-4-5-7-10-22/h12-14,20H,4-11H2,1-3H3. The third kappa shape index (κ3) is 5.60. The Labute approximate surface area is 170 Å². The molecular weight excluding hydrogens is 398 g/mol. The maximum Gasteiger partial charge on any atom is 0.250 e. The molecule has 0 atom stereocenters. The summed E-state index contributed by atoms with van der Waals surface area (Å²) in [5.74, 6) is 0. The maximum absolute atomic E-state index is 12.6. The Morgan fingerprint density at radius 3 is 2.44 bits per heavy atom. The van der Waals surface area contributed by atoms with E-state index in [1.807, 2.05) is 5.38 Å². The number of hydrogen-bond acceptors (Lipinski definition) is 6. The van der Waals surface area contributed by atoms with E-state index >= 15 is 0 Å². The number of nitrogens with one attached hydrogen (secondary N) is 1. The molecule has 1 fully saturated rings. The second-order valence-electron chi connectivity index (χ2n) is 8.10. The van der Waals surface area contributed by atoms with E-state index in [9.17, 15) is 8.42 Å². The maximum atomic E-state index is 12.6. The summed E-state index contributed by atoms with van der Waals surface area (Å²) in [6, 6.07) is 1.74. The molecule has 0 unspecified atom stereocenters. The molecule has 3 rings (SSSR count). The fourth-order valence-electron chi connectivity index (χ4n) is 3.09. The van der Waals surface area contributed by atoms with Crippen molar-refractivity contribution in [1.82, 2.24) is 14.6 Å². The van der Waals surface area contributed by atoms with Gasteiger partial charge in [0, 0.05) is 34.8 Å². The van der Waals surface area contributed by atoms with Gasteiger partial charge in [-0.3, -0.25) is 0 Å². The lowest BCUT2D eigenvalue weighted by molar-refractivity contribution is 0.290. The number of thiophene rings is 1. The summed E-state index contributed by atoms with van der Waals surface area (Å²) in [6.45, 7) is 9.77. The summed E-state index contributed by atoms with van der Waals surface area (Å²) in [5, 5.41) is 4.82. The van der Waals surface area contributed by atoms with E-state index < -0.39 is 10.0 Å². The molecule has 8 heteroatoms. The minimum Gasteiger partial charge on any atom is -0.302 e. The third-order valence-electron chi connectivity index (χ3n) is 4.78. The van der Waals surface area contributed by atoms with Crippen LogP contribution in [0.3, 0.4) is 0 Å². The summed E-state index contributed by atoms with van der Waals surface area (Å²) >= 11 is 2.83. The first kappa shape index (κ1) is 20.9. The zero-order valence-electron chi connectivity index (χ0n) is 16.3. The second-order valence-corrected chi connectivity index (χ2v) is 11.9. The van der Waals surface area contributed by atoms with Crippen molar-refractivity contribution in [2.24, 2.45) is 0 Å². The van der Waals surface area contributed by atoms with Crippen molar-refractivity contribution in [2.45, 2.75) is 56.1 Å². The number of aromatic nitrogens is 1. The van der Waals surface area contributed by atoms with Crippen molar-refractivity contribution >= 4 is 32.7 Å². The predicted octanol–water partition coefficient (Wildman–Crippen LogP) is 4.32. The van der Waals surface area contributed by atoms with Gasteiger partial charge < -0.3 is 4.90 Å². The van der Waals surface area contributed by atoms with E-state index in [0.717, 1.165) is 35.9 Å². The van der Waals surface area contributed by atoms with Crippen molar-refractivity contribution in [1.29, 1.82) is 0 Å². The molecule has 0 aliphatic carbocycles. The van der Waals surface area contributed by atoms with Crippen LogP contribution in [-0.4, -0.2) is 44.5 Å². The number of hydrogen-bond donors (Lipinski definition) is 1. The summed E-state index contributed by atoms with van der Waals surface area (Å²) in [5.41, 5.74) is 1.91. The van der Waals surface area contributed by atoms with Crippen molar-refractivity contribution in [3.8, 4) is 10.6 Å². The molecule has 1 aliphatic rings. The Bertz CT molecular complexity index is 842. The van der Waals surface area contributed by atoms with Gasteiger partial charge in [-0.2, -0.15) is 0 Å². The number of sulfonamides is 1. The van der Waals surface area contributed by atoms with Crippen molar-refractivity contribution in [2.75, 3.05) is 26.2 Å². The fourth-order valence-corrected chi connectivity index (χ4v) is 6.43. The summed E-state index contributed by atoms with van der Waals surface area (Å²) in [6.07, 6.45) is 5.00. The van der Waals surface area contributed by atoms with Crippen molar-refractivity contribution in [3.05, 3.63) is 22.5 Å². The predicted molar refractivity (Wildman–Crippen MR) is 114 cm³/mol. The average Bonchev–Trinajstić information content (AvgIpc) is 3.20. The minimum absolute atomic E-state index is 0.00539. The largest absolute Gasteiger partial charge is 0.302 e. The smallest absolute Gasteiger partial charge is 0.250 e. The summed E-state index contributed by atoms with van der Waals surface area (Å²) in [7, 11) is -3.46. The van der Waals surface area contributed by atoms with Gasteiger partial charge >= 0.3 is 0 Å². The molecule has 0 spiro atoms. The lowest BCUT2D eigenvalue weighted by atomic mass is 9.93. The molecule has 1 saturated heterocycles. The molecule has 3 heterocycles. The normalized spacial score (nSPS) is 17.1. The first-order chi connectivity index (χ1) is 12.8. The van der Waals surface area contributed by atoms with E-state index in [0.29, 0.717) is 10.8 Å². The Morgan fingerprint density at radius 2 is 1.81 bits per heavy atom. The Balaban J connectivity index is 1.61. The molecule has 1 aliphatic heterocycles. The molecule has 27 heavy (non-hydrogen) atoms. The van der Waals surface area contributed by atoms with Gasteiger partial charge in [0.1, 0.15) is 9.22 Å². The molecule has 0 bridgehead atoms. The van der Waals surface area contributed by atoms with Crippen LogP contribution in [0.4, 0.5) is 0 Å². The van der Waals surface area contributed by atoms with Crippen LogP contribution in [0.1, 0.15) is 52.1 Å². The van der Waals surface area contributed by atoms with Crippen LogP contribution in [0, 0.1) is 0 Å². The number of rotatable bonds is 6. The van der Waals surface area contributed by atoms with Crippen LogP contribution in [-0.2, 0) is 15.4 Å². The van der Waals surface area contributed by atoms with Gasteiger partial charge in [-0.05, 0) is 32.0 Å². The molecule has 0 radical (unpaired) electrons. The average molecular weight is 428 g/mol. The number of thiazole rings is 1. The van der Waals surface area contributed by atoms with E-state index in [1.54, 1.807) is 17.4 Å². The second kappa shape index (κ2) is 8.69. The molecule has 2 aromatic rings. The topological polar surface area (TPSA) is 62.3 Å². The van der Waals surface area contributed by atoms with Crippen LogP contribution in [0.25, 0.3) is 10.6 Å². The monoisotopic (exact) mass is 427 g/mol. The summed E-state index contributed by atoms with van der Waals surface area (Å²) < 4.78 is 28.4. The molecule has 2 aromatic heterocycles. The fraction of sp³-hybridized carbons (Fsp3) is 0.632. The Kier molecular flexibility index (Phi) is 6.74. The van der Waals surface area contributed by atoms with Crippen LogP contribution in [0.5, 0.6) is 0 Å². The molecular formula is C19H29N3O2S3. The highest BCUT2D eigenvalue weighted by molar-refractivity contribution is 7.91. The van der Waals surface area contributed by atoms with Crippen LogP contribution in [0.15, 0.2) is 21.0 Å². The van der Waals surface area contributed by atoms with Gasteiger partial charge in [0.05, 0.1) is 5.69 Å². The van der Waals surface area contributed by atoms with Gasteiger partial charge in [-0.15, -0.1) is 22.7 Å². The zero-order chi connectivity index (χ0) is 19.5. The van der Waals surface area contributed by atoms with Gasteiger partial charge in [0.15, 0.2) is 0 Å². The number of likely N-dealkylation sites (tertiary alicyclic amines) is 1. The third-order valence-corrected chi connectivity index (χ3v) is 8.57. The molecule has 0 aromatic carbocycles. The quantitative estimate of drug-likeness (QED) is 0.746. The van der Waals surface area contributed by atoms with E-state index in [2.05, 4.69) is 40.8 Å². The minimum atomic E-state index is -3.46.